The Hall–Kier alpha value is -1.05. The first-order chi connectivity index (χ1) is 8.74. The molecular formula is C16H24O2. The molecular weight excluding hydrogens is 224 g/mol. The van der Waals surface area contributed by atoms with Crippen LogP contribution in [0.2, 0.25) is 0 Å². The van der Waals surface area contributed by atoms with Crippen LogP contribution in [0.15, 0.2) is 24.8 Å². The highest BCUT2D eigenvalue weighted by Gasteiger charge is 2.41. The Bertz CT molecular complexity index is 332. The van der Waals surface area contributed by atoms with Crippen molar-refractivity contribution in [2.75, 3.05) is 0 Å². The van der Waals surface area contributed by atoms with Gasteiger partial charge in [0.05, 0.1) is 0 Å². The fourth-order valence-corrected chi connectivity index (χ4v) is 3.40. The molecule has 0 heterocycles. The van der Waals surface area contributed by atoms with E-state index in [9.17, 15) is 4.79 Å². The fraction of sp³-hybridized carbons (Fsp3) is 0.688. The average molecular weight is 248 g/mol. The maximum atomic E-state index is 11.5. The van der Waals surface area contributed by atoms with E-state index >= 15 is 0 Å². The first-order valence-electron chi connectivity index (χ1n) is 7.26. The number of hydrogen-bond acceptors (Lipinski definition) is 2. The molecule has 2 heteroatoms. The van der Waals surface area contributed by atoms with Crippen LogP contribution in [0.25, 0.3) is 0 Å². The van der Waals surface area contributed by atoms with Gasteiger partial charge in [0.2, 0.25) is 0 Å². The van der Waals surface area contributed by atoms with Gasteiger partial charge in [0.25, 0.3) is 0 Å². The maximum Gasteiger partial charge on any atom is 0.330 e. The predicted molar refractivity (Wildman–Crippen MR) is 73.1 cm³/mol. The van der Waals surface area contributed by atoms with E-state index in [-0.39, 0.29) is 12.1 Å². The second-order valence-electron chi connectivity index (χ2n) is 5.62. The van der Waals surface area contributed by atoms with Crippen molar-refractivity contribution in [3.63, 3.8) is 0 Å². The molecule has 4 unspecified atom stereocenters. The van der Waals surface area contributed by atoms with Gasteiger partial charge in [-0.15, -0.1) is 0 Å². The zero-order valence-electron chi connectivity index (χ0n) is 11.3. The van der Waals surface area contributed by atoms with E-state index in [1.54, 1.807) is 0 Å². The van der Waals surface area contributed by atoms with Crippen LogP contribution in [0.1, 0.15) is 45.4 Å². The zero-order chi connectivity index (χ0) is 13.0. The Balaban J connectivity index is 1.93. The van der Waals surface area contributed by atoms with Gasteiger partial charge in [0, 0.05) is 12.0 Å². The van der Waals surface area contributed by atoms with Gasteiger partial charge in [-0.1, -0.05) is 38.5 Å². The fourth-order valence-electron chi connectivity index (χ4n) is 3.40. The molecule has 0 aromatic carbocycles. The second-order valence-corrected chi connectivity index (χ2v) is 5.62. The number of carbonyl (C=O) groups is 1. The number of ether oxygens (including phenoxy) is 1. The minimum absolute atomic E-state index is 0.0991. The van der Waals surface area contributed by atoms with Crippen molar-refractivity contribution in [2.24, 2.45) is 17.8 Å². The summed E-state index contributed by atoms with van der Waals surface area (Å²) in [5.41, 5.74) is 0. The summed E-state index contributed by atoms with van der Waals surface area (Å²) in [7, 11) is 0. The second kappa shape index (κ2) is 6.21. The number of fused-ring (bicyclic) bond motifs is 2. The topological polar surface area (TPSA) is 26.3 Å². The van der Waals surface area contributed by atoms with E-state index in [1.165, 1.54) is 31.8 Å². The Morgan fingerprint density at radius 3 is 2.83 bits per heavy atom. The third kappa shape index (κ3) is 3.04. The standard InChI is InChI=1S/C16H24O2/c1-3-5-6-7-15(18-16(17)4-2)14-11-12-8-9-13(14)10-12/h4,8-9,12-15H,2-3,5-7,10-11H2,1H3. The van der Waals surface area contributed by atoms with Crippen molar-refractivity contribution in [1.82, 2.24) is 0 Å². The Kier molecular flexibility index (Phi) is 4.62. The monoisotopic (exact) mass is 248 g/mol. The van der Waals surface area contributed by atoms with Crippen molar-refractivity contribution >= 4 is 5.97 Å². The van der Waals surface area contributed by atoms with E-state index in [1.807, 2.05) is 0 Å². The number of allylic oxidation sites excluding steroid dienone is 2. The van der Waals surface area contributed by atoms with Gasteiger partial charge in [-0.25, -0.2) is 4.79 Å². The van der Waals surface area contributed by atoms with Crippen LogP contribution in [-0.4, -0.2) is 12.1 Å². The molecule has 18 heavy (non-hydrogen) atoms. The Labute approximate surface area is 110 Å². The smallest absolute Gasteiger partial charge is 0.330 e. The molecule has 0 saturated heterocycles. The van der Waals surface area contributed by atoms with Gasteiger partial charge in [0.15, 0.2) is 0 Å². The molecule has 100 valence electrons. The molecule has 0 amide bonds. The highest BCUT2D eigenvalue weighted by Crippen LogP contribution is 2.46. The minimum Gasteiger partial charge on any atom is -0.459 e. The molecule has 2 rings (SSSR count). The van der Waals surface area contributed by atoms with E-state index in [2.05, 4.69) is 25.7 Å². The molecule has 0 aromatic heterocycles. The summed E-state index contributed by atoms with van der Waals surface area (Å²) >= 11 is 0. The summed E-state index contributed by atoms with van der Waals surface area (Å²) in [6, 6.07) is 0. The number of rotatable bonds is 7. The van der Waals surface area contributed by atoms with Crippen molar-refractivity contribution in [3.8, 4) is 0 Å². The summed E-state index contributed by atoms with van der Waals surface area (Å²) < 4.78 is 5.59. The number of esters is 1. The molecule has 2 nitrogen and oxygen atoms in total. The first-order valence-corrected chi connectivity index (χ1v) is 7.26. The number of carbonyl (C=O) groups excluding carboxylic acids is 1. The molecule has 0 N–H and O–H groups in total. The zero-order valence-corrected chi connectivity index (χ0v) is 11.3. The van der Waals surface area contributed by atoms with Gasteiger partial charge < -0.3 is 4.74 Å². The summed E-state index contributed by atoms with van der Waals surface area (Å²) in [5, 5.41) is 0. The molecule has 0 radical (unpaired) electrons. The van der Waals surface area contributed by atoms with Crippen molar-refractivity contribution in [1.29, 1.82) is 0 Å². The largest absolute Gasteiger partial charge is 0.459 e. The normalized spacial score (nSPS) is 30.4. The summed E-state index contributed by atoms with van der Waals surface area (Å²) in [6.07, 6.45) is 13.1. The van der Waals surface area contributed by atoms with Crippen LogP contribution in [0.5, 0.6) is 0 Å². The molecule has 2 aliphatic rings. The molecule has 0 spiro atoms. The van der Waals surface area contributed by atoms with Gasteiger partial charge in [-0.2, -0.15) is 0 Å². The molecule has 2 bridgehead atoms. The predicted octanol–water partition coefficient (Wildman–Crippen LogP) is 3.88. The van der Waals surface area contributed by atoms with Crippen molar-refractivity contribution < 1.29 is 9.53 Å². The van der Waals surface area contributed by atoms with Crippen LogP contribution >= 0.6 is 0 Å². The Morgan fingerprint density at radius 2 is 2.28 bits per heavy atom. The van der Waals surface area contributed by atoms with Crippen LogP contribution in [0.4, 0.5) is 0 Å². The maximum absolute atomic E-state index is 11.5. The van der Waals surface area contributed by atoms with Crippen LogP contribution in [0.3, 0.4) is 0 Å². The average Bonchev–Trinajstić information content (AvgIpc) is 2.99. The molecule has 0 aliphatic heterocycles. The lowest BCUT2D eigenvalue weighted by Gasteiger charge is -2.28. The summed E-state index contributed by atoms with van der Waals surface area (Å²) in [5.74, 6) is 1.65. The van der Waals surface area contributed by atoms with E-state index in [0.29, 0.717) is 11.8 Å². The molecule has 1 saturated carbocycles. The van der Waals surface area contributed by atoms with E-state index < -0.39 is 0 Å². The lowest BCUT2D eigenvalue weighted by Crippen LogP contribution is -2.29. The minimum atomic E-state index is -0.261. The Morgan fingerprint density at radius 1 is 1.44 bits per heavy atom. The lowest BCUT2D eigenvalue weighted by atomic mass is 9.86. The van der Waals surface area contributed by atoms with Crippen LogP contribution in [0, 0.1) is 17.8 Å². The highest BCUT2D eigenvalue weighted by molar-refractivity contribution is 5.81. The lowest BCUT2D eigenvalue weighted by molar-refractivity contribution is -0.146. The van der Waals surface area contributed by atoms with Gasteiger partial charge in [-0.3, -0.25) is 0 Å². The van der Waals surface area contributed by atoms with Gasteiger partial charge in [0.1, 0.15) is 6.10 Å². The third-order valence-electron chi connectivity index (χ3n) is 4.33. The van der Waals surface area contributed by atoms with E-state index in [4.69, 9.17) is 4.74 Å². The van der Waals surface area contributed by atoms with Gasteiger partial charge in [-0.05, 0) is 37.5 Å². The molecule has 0 aromatic rings. The van der Waals surface area contributed by atoms with Crippen LogP contribution < -0.4 is 0 Å². The number of unbranched alkanes of at least 4 members (excludes halogenated alkanes) is 2. The summed E-state index contributed by atoms with van der Waals surface area (Å²) in [6.45, 7) is 5.70. The number of hydrogen-bond donors (Lipinski definition) is 0. The quantitative estimate of drug-likeness (QED) is 0.296. The third-order valence-corrected chi connectivity index (χ3v) is 4.33. The molecule has 2 aliphatic carbocycles. The SMILES string of the molecule is C=CC(=O)OC(CCCCC)C1CC2C=CC1C2. The summed E-state index contributed by atoms with van der Waals surface area (Å²) in [4.78, 5) is 11.5. The van der Waals surface area contributed by atoms with Gasteiger partial charge >= 0.3 is 5.97 Å². The molecule has 1 fully saturated rings. The first kappa shape index (κ1) is 13.4. The van der Waals surface area contributed by atoms with Crippen molar-refractivity contribution in [3.05, 3.63) is 24.8 Å². The van der Waals surface area contributed by atoms with E-state index in [0.717, 1.165) is 18.8 Å². The van der Waals surface area contributed by atoms with Crippen molar-refractivity contribution in [2.45, 2.75) is 51.6 Å². The molecule has 4 atom stereocenters. The van der Waals surface area contributed by atoms with Crippen LogP contribution in [-0.2, 0) is 9.53 Å². The highest BCUT2D eigenvalue weighted by atomic mass is 16.5.